The molecule has 3 N–H and O–H groups in total. The molecule has 1 aliphatic rings. The molecule has 0 aliphatic carbocycles. The molecule has 3 amide bonds. The largest absolute Gasteiger partial charge is 0.356 e. The summed E-state index contributed by atoms with van der Waals surface area (Å²) in [6.07, 6.45) is 2.30. The quantitative estimate of drug-likeness (QED) is 0.576. The molecule has 0 radical (unpaired) electrons. The highest BCUT2D eigenvalue weighted by Gasteiger charge is 2.26. The average molecular weight is 414 g/mol. The summed E-state index contributed by atoms with van der Waals surface area (Å²) >= 11 is 5.81. The van der Waals surface area contributed by atoms with Crippen molar-refractivity contribution in [2.75, 3.05) is 17.2 Å². The summed E-state index contributed by atoms with van der Waals surface area (Å²) in [5.74, 6) is -0.440. The SMILES string of the molecule is O=C(CCC1Cc2ccccc2NC1=O)NCCCC(=O)Nc1ccc(Cl)cc1. The lowest BCUT2D eigenvalue weighted by Gasteiger charge is -2.24. The first-order valence-electron chi connectivity index (χ1n) is 9.72. The van der Waals surface area contributed by atoms with Crippen LogP contribution in [-0.4, -0.2) is 24.3 Å². The Morgan fingerprint density at radius 2 is 1.79 bits per heavy atom. The molecule has 0 bridgehead atoms. The summed E-state index contributed by atoms with van der Waals surface area (Å²) in [5, 5.41) is 9.11. The van der Waals surface area contributed by atoms with Crippen LogP contribution in [0.5, 0.6) is 0 Å². The first-order valence-corrected chi connectivity index (χ1v) is 10.1. The number of anilines is 2. The lowest BCUT2D eigenvalue weighted by Crippen LogP contribution is -2.32. The second-order valence-electron chi connectivity index (χ2n) is 7.09. The van der Waals surface area contributed by atoms with Gasteiger partial charge in [-0.15, -0.1) is 0 Å². The van der Waals surface area contributed by atoms with Crippen molar-refractivity contribution in [2.24, 2.45) is 5.92 Å². The van der Waals surface area contributed by atoms with Crippen LogP contribution in [0.4, 0.5) is 11.4 Å². The van der Waals surface area contributed by atoms with Gasteiger partial charge in [-0.25, -0.2) is 0 Å². The number of nitrogens with one attached hydrogen (secondary N) is 3. The van der Waals surface area contributed by atoms with E-state index in [2.05, 4.69) is 16.0 Å². The van der Waals surface area contributed by atoms with Crippen molar-refractivity contribution >= 4 is 40.7 Å². The van der Waals surface area contributed by atoms with E-state index in [0.717, 1.165) is 11.3 Å². The Labute approximate surface area is 175 Å². The maximum atomic E-state index is 12.2. The number of carbonyl (C=O) groups is 3. The molecule has 1 atom stereocenters. The Balaban J connectivity index is 1.32. The molecule has 7 heteroatoms. The van der Waals surface area contributed by atoms with Crippen LogP contribution < -0.4 is 16.0 Å². The van der Waals surface area contributed by atoms with E-state index in [9.17, 15) is 14.4 Å². The summed E-state index contributed by atoms with van der Waals surface area (Å²) in [4.78, 5) is 36.1. The molecule has 1 heterocycles. The second-order valence-corrected chi connectivity index (χ2v) is 7.53. The molecule has 0 saturated heterocycles. The van der Waals surface area contributed by atoms with E-state index in [1.54, 1.807) is 24.3 Å². The van der Waals surface area contributed by atoms with Gasteiger partial charge in [0.25, 0.3) is 0 Å². The van der Waals surface area contributed by atoms with Gasteiger partial charge in [-0.05, 0) is 55.2 Å². The zero-order chi connectivity index (χ0) is 20.6. The molecule has 152 valence electrons. The molecule has 0 fully saturated rings. The van der Waals surface area contributed by atoms with Crippen LogP contribution in [0.3, 0.4) is 0 Å². The summed E-state index contributed by atoms with van der Waals surface area (Å²) in [6.45, 7) is 0.423. The molecule has 6 nitrogen and oxygen atoms in total. The van der Waals surface area contributed by atoms with Gasteiger partial charge in [-0.3, -0.25) is 14.4 Å². The predicted octanol–water partition coefficient (Wildman–Crippen LogP) is 3.77. The van der Waals surface area contributed by atoms with E-state index >= 15 is 0 Å². The Hall–Kier alpha value is -2.86. The molecule has 1 aliphatic heterocycles. The van der Waals surface area contributed by atoms with Crippen molar-refractivity contribution in [1.82, 2.24) is 5.32 Å². The van der Waals surface area contributed by atoms with Crippen molar-refractivity contribution < 1.29 is 14.4 Å². The van der Waals surface area contributed by atoms with Gasteiger partial charge in [0.05, 0.1) is 0 Å². The summed E-state index contributed by atoms with van der Waals surface area (Å²) in [7, 11) is 0. The van der Waals surface area contributed by atoms with Crippen molar-refractivity contribution in [2.45, 2.75) is 32.1 Å². The van der Waals surface area contributed by atoms with Gasteiger partial charge in [-0.2, -0.15) is 0 Å². The van der Waals surface area contributed by atoms with Gasteiger partial charge < -0.3 is 16.0 Å². The summed E-state index contributed by atoms with van der Waals surface area (Å²) in [6, 6.07) is 14.6. The zero-order valence-corrected chi connectivity index (χ0v) is 16.8. The first kappa shape index (κ1) is 20.9. The van der Waals surface area contributed by atoms with Crippen molar-refractivity contribution in [3.05, 3.63) is 59.1 Å². The smallest absolute Gasteiger partial charge is 0.227 e. The van der Waals surface area contributed by atoms with Gasteiger partial charge in [0.1, 0.15) is 0 Å². The highest BCUT2D eigenvalue weighted by atomic mass is 35.5. The van der Waals surface area contributed by atoms with E-state index < -0.39 is 0 Å². The molecule has 0 spiro atoms. The van der Waals surface area contributed by atoms with Crippen LogP contribution in [0.15, 0.2) is 48.5 Å². The molecule has 0 saturated carbocycles. The third-order valence-electron chi connectivity index (χ3n) is 4.86. The van der Waals surface area contributed by atoms with E-state index in [-0.39, 0.29) is 30.1 Å². The fraction of sp³-hybridized carbons (Fsp3) is 0.318. The number of carbonyl (C=O) groups excluding carboxylic acids is 3. The Bertz CT molecular complexity index is 883. The molecule has 3 rings (SSSR count). The van der Waals surface area contributed by atoms with Gasteiger partial charge in [0.15, 0.2) is 0 Å². The fourth-order valence-corrected chi connectivity index (χ4v) is 3.40. The van der Waals surface area contributed by atoms with E-state index in [1.807, 2.05) is 24.3 Å². The van der Waals surface area contributed by atoms with Crippen molar-refractivity contribution in [1.29, 1.82) is 0 Å². The van der Waals surface area contributed by atoms with Gasteiger partial charge >= 0.3 is 0 Å². The molecule has 1 unspecified atom stereocenters. The highest BCUT2D eigenvalue weighted by molar-refractivity contribution is 6.30. The number of halogens is 1. The Morgan fingerprint density at radius 1 is 1.03 bits per heavy atom. The molecule has 0 aromatic heterocycles. The monoisotopic (exact) mass is 413 g/mol. The highest BCUT2D eigenvalue weighted by Crippen LogP contribution is 2.27. The lowest BCUT2D eigenvalue weighted by atomic mass is 9.89. The normalized spacial score (nSPS) is 15.2. The van der Waals surface area contributed by atoms with Crippen LogP contribution in [-0.2, 0) is 20.8 Å². The van der Waals surface area contributed by atoms with E-state index in [1.165, 1.54) is 0 Å². The maximum absolute atomic E-state index is 12.2. The molecular weight excluding hydrogens is 390 g/mol. The third kappa shape index (κ3) is 6.32. The van der Waals surface area contributed by atoms with Crippen LogP contribution in [0.25, 0.3) is 0 Å². The van der Waals surface area contributed by atoms with Crippen LogP contribution in [0.2, 0.25) is 5.02 Å². The number of hydrogen-bond acceptors (Lipinski definition) is 3. The van der Waals surface area contributed by atoms with Crippen LogP contribution >= 0.6 is 11.6 Å². The van der Waals surface area contributed by atoms with Gasteiger partial charge in [0, 0.05) is 41.7 Å². The molecule has 29 heavy (non-hydrogen) atoms. The van der Waals surface area contributed by atoms with Crippen molar-refractivity contribution in [3.8, 4) is 0 Å². The number of amides is 3. The molecule has 2 aromatic carbocycles. The van der Waals surface area contributed by atoms with Gasteiger partial charge in [0.2, 0.25) is 17.7 Å². The van der Waals surface area contributed by atoms with E-state index in [4.69, 9.17) is 11.6 Å². The Morgan fingerprint density at radius 3 is 2.59 bits per heavy atom. The fourth-order valence-electron chi connectivity index (χ4n) is 3.27. The van der Waals surface area contributed by atoms with Crippen molar-refractivity contribution in [3.63, 3.8) is 0 Å². The van der Waals surface area contributed by atoms with E-state index in [0.29, 0.717) is 42.9 Å². The average Bonchev–Trinajstić information content (AvgIpc) is 2.71. The minimum atomic E-state index is -0.194. The molecule has 2 aromatic rings. The lowest BCUT2D eigenvalue weighted by molar-refractivity contribution is -0.123. The minimum absolute atomic E-state index is 0.0321. The van der Waals surface area contributed by atoms with Crippen LogP contribution in [0.1, 0.15) is 31.2 Å². The number of rotatable bonds is 8. The Kier molecular flexibility index (Phi) is 7.25. The standard InChI is InChI=1S/C22H24ClN3O3/c23-17-8-10-18(11-9-17)25-21(28)6-3-13-24-20(27)12-7-16-14-15-4-1-2-5-19(15)26-22(16)29/h1-2,4-5,8-11,16H,3,6-7,12-14H2,(H,24,27)(H,25,28)(H,26,29). The first-order chi connectivity index (χ1) is 14.0. The zero-order valence-electron chi connectivity index (χ0n) is 16.0. The number of fused-ring (bicyclic) bond motifs is 1. The topological polar surface area (TPSA) is 87.3 Å². The predicted molar refractivity (Wildman–Crippen MR) is 114 cm³/mol. The number of para-hydroxylation sites is 1. The third-order valence-corrected chi connectivity index (χ3v) is 5.11. The van der Waals surface area contributed by atoms with Crippen LogP contribution in [0, 0.1) is 5.92 Å². The number of benzene rings is 2. The molecular formula is C22H24ClN3O3. The number of hydrogen-bond donors (Lipinski definition) is 3. The summed E-state index contributed by atoms with van der Waals surface area (Å²) < 4.78 is 0. The minimum Gasteiger partial charge on any atom is -0.356 e. The second kappa shape index (κ2) is 10.1. The van der Waals surface area contributed by atoms with Gasteiger partial charge in [-0.1, -0.05) is 29.8 Å². The summed E-state index contributed by atoms with van der Waals surface area (Å²) in [5.41, 5.74) is 2.65. The maximum Gasteiger partial charge on any atom is 0.227 e.